The third kappa shape index (κ3) is 1.71. The quantitative estimate of drug-likeness (QED) is 0.732. The minimum atomic E-state index is -0.360. The Hall–Kier alpha value is -0.550. The van der Waals surface area contributed by atoms with E-state index in [-0.39, 0.29) is 5.54 Å². The van der Waals surface area contributed by atoms with Crippen LogP contribution in [-0.2, 0) is 5.54 Å². The number of aryl methyl sites for hydroxylation is 1. The lowest BCUT2D eigenvalue weighted by atomic mass is 9.96. The van der Waals surface area contributed by atoms with Crippen molar-refractivity contribution in [1.29, 1.82) is 0 Å². The van der Waals surface area contributed by atoms with Gasteiger partial charge in [0.05, 0.1) is 5.54 Å². The third-order valence-electron chi connectivity index (χ3n) is 2.24. The Labute approximate surface area is 81.3 Å². The summed E-state index contributed by atoms with van der Waals surface area (Å²) in [7, 11) is 0. The van der Waals surface area contributed by atoms with E-state index in [4.69, 9.17) is 10.3 Å². The fourth-order valence-corrected chi connectivity index (χ4v) is 2.62. The number of nitrogens with zero attached hydrogens (tertiary/aromatic N) is 2. The summed E-state index contributed by atoms with van der Waals surface area (Å²) in [4.78, 5) is 4.19. The molecule has 13 heavy (non-hydrogen) atoms. The molecule has 1 unspecified atom stereocenters. The van der Waals surface area contributed by atoms with Gasteiger partial charge in [-0.1, -0.05) is 5.16 Å². The van der Waals surface area contributed by atoms with Crippen molar-refractivity contribution in [3.8, 4) is 0 Å². The predicted octanol–water partition coefficient (Wildman–Crippen LogP) is 1.06. The lowest BCUT2D eigenvalue weighted by Crippen LogP contribution is -2.42. The first-order valence-corrected chi connectivity index (χ1v) is 5.54. The molecule has 4 nitrogen and oxygen atoms in total. The monoisotopic (exact) mass is 199 g/mol. The van der Waals surface area contributed by atoms with Crippen LogP contribution in [0.4, 0.5) is 0 Å². The van der Waals surface area contributed by atoms with E-state index in [9.17, 15) is 0 Å². The Morgan fingerprint density at radius 1 is 1.62 bits per heavy atom. The van der Waals surface area contributed by atoms with Gasteiger partial charge in [0.1, 0.15) is 0 Å². The first kappa shape index (κ1) is 9.02. The number of hydrogen-bond donors (Lipinski definition) is 1. The van der Waals surface area contributed by atoms with Crippen molar-refractivity contribution in [3.63, 3.8) is 0 Å². The third-order valence-corrected chi connectivity index (χ3v) is 3.54. The summed E-state index contributed by atoms with van der Waals surface area (Å²) in [5.41, 5.74) is 5.83. The van der Waals surface area contributed by atoms with Crippen molar-refractivity contribution in [1.82, 2.24) is 10.1 Å². The van der Waals surface area contributed by atoms with Gasteiger partial charge in [-0.2, -0.15) is 16.7 Å². The number of aromatic nitrogens is 2. The lowest BCUT2D eigenvalue weighted by Gasteiger charge is -2.29. The second kappa shape index (κ2) is 3.31. The van der Waals surface area contributed by atoms with Crippen LogP contribution >= 0.6 is 11.8 Å². The van der Waals surface area contributed by atoms with Gasteiger partial charge in [0, 0.05) is 12.7 Å². The molecule has 2 heterocycles. The summed E-state index contributed by atoms with van der Waals surface area (Å²) in [5, 5.41) is 3.89. The fourth-order valence-electron chi connectivity index (χ4n) is 1.49. The van der Waals surface area contributed by atoms with Gasteiger partial charge in [0.25, 0.3) is 0 Å². The average molecular weight is 199 g/mol. The van der Waals surface area contributed by atoms with Crippen LogP contribution < -0.4 is 5.73 Å². The molecule has 1 saturated heterocycles. The second-order valence-corrected chi connectivity index (χ2v) is 4.55. The van der Waals surface area contributed by atoms with E-state index < -0.39 is 0 Å². The van der Waals surface area contributed by atoms with Gasteiger partial charge in [0.15, 0.2) is 5.82 Å². The van der Waals surface area contributed by atoms with Crippen LogP contribution in [0.2, 0.25) is 0 Å². The largest absolute Gasteiger partial charge is 0.340 e. The van der Waals surface area contributed by atoms with Crippen LogP contribution in [0.15, 0.2) is 4.52 Å². The number of hydrogen-bond acceptors (Lipinski definition) is 5. The SMILES string of the molecule is Cc1nc(C2(N)CCCSC2)no1. The van der Waals surface area contributed by atoms with Crippen LogP contribution in [-0.4, -0.2) is 21.6 Å². The topological polar surface area (TPSA) is 64.9 Å². The van der Waals surface area contributed by atoms with Crippen molar-refractivity contribution >= 4 is 11.8 Å². The molecule has 1 atom stereocenters. The summed E-state index contributed by atoms with van der Waals surface area (Å²) in [6.07, 6.45) is 2.09. The zero-order valence-corrected chi connectivity index (χ0v) is 8.43. The van der Waals surface area contributed by atoms with E-state index in [0.717, 1.165) is 18.6 Å². The second-order valence-electron chi connectivity index (χ2n) is 3.45. The number of thioether (sulfide) groups is 1. The predicted molar refractivity (Wildman–Crippen MR) is 51.5 cm³/mol. The highest BCUT2D eigenvalue weighted by atomic mass is 32.2. The smallest absolute Gasteiger partial charge is 0.223 e. The van der Waals surface area contributed by atoms with Gasteiger partial charge in [-0.15, -0.1) is 0 Å². The minimum absolute atomic E-state index is 0.360. The minimum Gasteiger partial charge on any atom is -0.340 e. The van der Waals surface area contributed by atoms with Crippen LogP contribution in [0.5, 0.6) is 0 Å². The Morgan fingerprint density at radius 2 is 2.46 bits per heavy atom. The molecule has 0 bridgehead atoms. The molecule has 0 radical (unpaired) electrons. The van der Waals surface area contributed by atoms with Crippen molar-refractivity contribution in [2.75, 3.05) is 11.5 Å². The summed E-state index contributed by atoms with van der Waals surface area (Å²) >= 11 is 1.86. The molecule has 0 amide bonds. The normalized spacial score (nSPS) is 29.1. The Kier molecular flexibility index (Phi) is 2.29. The molecule has 1 fully saturated rings. The van der Waals surface area contributed by atoms with Gasteiger partial charge in [0.2, 0.25) is 5.89 Å². The van der Waals surface area contributed by atoms with Gasteiger partial charge < -0.3 is 10.3 Å². The van der Waals surface area contributed by atoms with E-state index in [0.29, 0.717) is 11.7 Å². The summed E-state index contributed by atoms with van der Waals surface area (Å²) in [5.74, 6) is 3.34. The molecule has 0 aliphatic carbocycles. The first-order valence-electron chi connectivity index (χ1n) is 4.38. The zero-order valence-electron chi connectivity index (χ0n) is 7.62. The molecule has 1 aromatic rings. The molecule has 2 N–H and O–H groups in total. The maximum absolute atomic E-state index is 6.19. The van der Waals surface area contributed by atoms with Crippen molar-refractivity contribution in [2.24, 2.45) is 5.73 Å². The van der Waals surface area contributed by atoms with Crippen LogP contribution in [0, 0.1) is 6.92 Å². The van der Waals surface area contributed by atoms with E-state index in [2.05, 4.69) is 10.1 Å². The molecule has 0 aromatic carbocycles. The maximum atomic E-state index is 6.19. The highest BCUT2D eigenvalue weighted by molar-refractivity contribution is 7.99. The average Bonchev–Trinajstić information content (AvgIpc) is 2.54. The highest BCUT2D eigenvalue weighted by Gasteiger charge is 2.34. The lowest BCUT2D eigenvalue weighted by molar-refractivity contribution is 0.354. The molecule has 2 rings (SSSR count). The molecular formula is C8H13N3OS. The fraction of sp³-hybridized carbons (Fsp3) is 0.750. The molecule has 1 aromatic heterocycles. The van der Waals surface area contributed by atoms with Gasteiger partial charge in [-0.05, 0) is 18.6 Å². The summed E-state index contributed by atoms with van der Waals surface area (Å²) in [6, 6.07) is 0. The van der Waals surface area contributed by atoms with Crippen LogP contribution in [0.3, 0.4) is 0 Å². The van der Waals surface area contributed by atoms with Crippen LogP contribution in [0.1, 0.15) is 24.6 Å². The molecule has 1 aliphatic heterocycles. The highest BCUT2D eigenvalue weighted by Crippen LogP contribution is 2.31. The summed E-state index contributed by atoms with van der Waals surface area (Å²) < 4.78 is 4.93. The zero-order chi connectivity index (χ0) is 9.31. The van der Waals surface area contributed by atoms with Gasteiger partial charge in [-0.3, -0.25) is 0 Å². The van der Waals surface area contributed by atoms with Crippen LogP contribution in [0.25, 0.3) is 0 Å². The Morgan fingerprint density at radius 3 is 3.00 bits per heavy atom. The summed E-state index contributed by atoms with van der Waals surface area (Å²) in [6.45, 7) is 1.79. The Balaban J connectivity index is 2.22. The van der Waals surface area contributed by atoms with Gasteiger partial charge in [-0.25, -0.2) is 0 Å². The first-order chi connectivity index (χ1) is 6.21. The molecule has 0 saturated carbocycles. The van der Waals surface area contributed by atoms with Gasteiger partial charge >= 0.3 is 0 Å². The van der Waals surface area contributed by atoms with Crippen molar-refractivity contribution < 1.29 is 4.52 Å². The van der Waals surface area contributed by atoms with E-state index in [1.807, 2.05) is 11.8 Å². The number of nitrogens with two attached hydrogens (primary N) is 1. The van der Waals surface area contributed by atoms with Crippen molar-refractivity contribution in [3.05, 3.63) is 11.7 Å². The molecular weight excluding hydrogens is 186 g/mol. The molecule has 72 valence electrons. The molecule has 1 aliphatic rings. The van der Waals surface area contributed by atoms with Crippen molar-refractivity contribution in [2.45, 2.75) is 25.3 Å². The Bertz CT molecular complexity index is 293. The molecule has 0 spiro atoms. The maximum Gasteiger partial charge on any atom is 0.223 e. The number of rotatable bonds is 1. The van der Waals surface area contributed by atoms with E-state index >= 15 is 0 Å². The van der Waals surface area contributed by atoms with E-state index in [1.54, 1.807) is 6.92 Å². The standard InChI is InChI=1S/C8H13N3OS/c1-6-10-7(11-12-6)8(9)3-2-4-13-5-8/h2-5,9H2,1H3. The molecule has 5 heteroatoms. The van der Waals surface area contributed by atoms with E-state index in [1.165, 1.54) is 5.75 Å².